The van der Waals surface area contributed by atoms with Gasteiger partial charge in [0.2, 0.25) is 0 Å². The van der Waals surface area contributed by atoms with Gasteiger partial charge in [0.25, 0.3) is 11.5 Å². The molecule has 1 heterocycles. The summed E-state index contributed by atoms with van der Waals surface area (Å²) >= 11 is 6.21. The fourth-order valence-electron chi connectivity index (χ4n) is 3.07. The largest absolute Gasteiger partial charge is 0.455 e. The van der Waals surface area contributed by atoms with Gasteiger partial charge >= 0.3 is 0 Å². The van der Waals surface area contributed by atoms with E-state index < -0.39 is 0 Å². The van der Waals surface area contributed by atoms with E-state index in [4.69, 9.17) is 16.3 Å². The lowest BCUT2D eigenvalue weighted by Crippen LogP contribution is -2.22. The van der Waals surface area contributed by atoms with E-state index in [1.54, 1.807) is 18.2 Å². The van der Waals surface area contributed by atoms with Crippen LogP contribution in [0.15, 0.2) is 102 Å². The topological polar surface area (TPSA) is 60.3 Å². The lowest BCUT2D eigenvalue weighted by Gasteiger charge is -2.13. The van der Waals surface area contributed by atoms with Crippen molar-refractivity contribution in [3.63, 3.8) is 0 Å². The van der Waals surface area contributed by atoms with Gasteiger partial charge in [-0.25, -0.2) is 0 Å². The molecule has 0 saturated heterocycles. The van der Waals surface area contributed by atoms with Crippen molar-refractivity contribution in [3.05, 3.63) is 124 Å². The van der Waals surface area contributed by atoms with Gasteiger partial charge in [0.1, 0.15) is 5.75 Å². The number of nitrogens with one attached hydrogen (secondary N) is 1. The summed E-state index contributed by atoms with van der Waals surface area (Å²) in [6.45, 7) is 0.271. The third kappa shape index (κ3) is 5.02. The number of benzene rings is 3. The molecule has 0 radical (unpaired) electrons. The van der Waals surface area contributed by atoms with Crippen molar-refractivity contribution in [3.8, 4) is 11.5 Å². The predicted molar refractivity (Wildman–Crippen MR) is 122 cm³/mol. The van der Waals surface area contributed by atoms with Gasteiger partial charge in [0, 0.05) is 17.3 Å². The highest BCUT2D eigenvalue weighted by Gasteiger charge is 2.12. The molecular weight excluding hydrogens is 412 g/mol. The normalized spacial score (nSPS) is 10.5. The molecule has 0 spiro atoms. The fraction of sp³-hybridized carbons (Fsp3) is 0.0400. The minimum absolute atomic E-state index is 0.218. The first-order valence-electron chi connectivity index (χ1n) is 9.67. The Morgan fingerprint density at radius 1 is 0.871 bits per heavy atom. The Morgan fingerprint density at radius 2 is 1.58 bits per heavy atom. The average molecular weight is 431 g/mol. The van der Waals surface area contributed by atoms with Gasteiger partial charge in [-0.05, 0) is 42.0 Å². The fourth-order valence-corrected chi connectivity index (χ4v) is 3.26. The van der Waals surface area contributed by atoms with E-state index in [1.807, 2.05) is 60.7 Å². The van der Waals surface area contributed by atoms with Crippen LogP contribution in [0, 0.1) is 0 Å². The second-order valence-electron chi connectivity index (χ2n) is 6.84. The predicted octanol–water partition coefficient (Wildman–Crippen LogP) is 5.59. The summed E-state index contributed by atoms with van der Waals surface area (Å²) in [4.78, 5) is 25.2. The van der Waals surface area contributed by atoms with Crippen LogP contribution in [0.4, 0.5) is 5.69 Å². The summed E-state index contributed by atoms with van der Waals surface area (Å²) in [5, 5.41) is 3.43. The molecular formula is C25H19ClN2O3. The number of hydrogen-bond acceptors (Lipinski definition) is 3. The summed E-state index contributed by atoms with van der Waals surface area (Å²) in [6.07, 6.45) is 1.53. The SMILES string of the molecule is O=C(Nc1ccccc1Oc1ccccc1)c1ccc(=O)n(Cc2ccccc2Cl)c1. The van der Waals surface area contributed by atoms with E-state index in [9.17, 15) is 9.59 Å². The number of anilines is 1. The van der Waals surface area contributed by atoms with Crippen LogP contribution in [0.5, 0.6) is 11.5 Å². The Balaban J connectivity index is 1.56. The molecule has 0 atom stereocenters. The monoisotopic (exact) mass is 430 g/mol. The maximum atomic E-state index is 12.9. The van der Waals surface area contributed by atoms with Crippen molar-refractivity contribution in [2.45, 2.75) is 6.54 Å². The Labute approximate surface area is 184 Å². The molecule has 154 valence electrons. The smallest absolute Gasteiger partial charge is 0.257 e. The Kier molecular flexibility index (Phi) is 6.15. The molecule has 1 amide bonds. The van der Waals surface area contributed by atoms with Crippen LogP contribution >= 0.6 is 11.6 Å². The van der Waals surface area contributed by atoms with Crippen LogP contribution in [0.25, 0.3) is 0 Å². The van der Waals surface area contributed by atoms with Crippen molar-refractivity contribution < 1.29 is 9.53 Å². The van der Waals surface area contributed by atoms with Gasteiger partial charge in [-0.1, -0.05) is 60.1 Å². The quantitative estimate of drug-likeness (QED) is 0.433. The molecule has 31 heavy (non-hydrogen) atoms. The number of ether oxygens (including phenoxy) is 1. The van der Waals surface area contributed by atoms with Gasteiger partial charge in [-0.2, -0.15) is 0 Å². The summed E-state index contributed by atoms with van der Waals surface area (Å²) in [7, 11) is 0. The molecule has 1 N–H and O–H groups in total. The van der Waals surface area contributed by atoms with Crippen LogP contribution < -0.4 is 15.6 Å². The Hall–Kier alpha value is -3.83. The van der Waals surface area contributed by atoms with Gasteiger partial charge in [0.15, 0.2) is 5.75 Å². The molecule has 5 nitrogen and oxygen atoms in total. The Morgan fingerprint density at radius 3 is 2.39 bits per heavy atom. The van der Waals surface area contributed by atoms with Gasteiger partial charge in [-0.15, -0.1) is 0 Å². The molecule has 0 aliphatic carbocycles. The highest BCUT2D eigenvalue weighted by Crippen LogP contribution is 2.29. The van der Waals surface area contributed by atoms with Gasteiger partial charge < -0.3 is 14.6 Å². The molecule has 0 unspecified atom stereocenters. The number of rotatable bonds is 6. The molecule has 4 aromatic rings. The first-order valence-corrected chi connectivity index (χ1v) is 10.0. The molecule has 0 bridgehead atoms. The number of para-hydroxylation sites is 3. The van der Waals surface area contributed by atoms with Crippen LogP contribution in [-0.2, 0) is 6.54 Å². The van der Waals surface area contributed by atoms with Crippen LogP contribution in [0.3, 0.4) is 0 Å². The van der Waals surface area contributed by atoms with Crippen molar-refractivity contribution in [1.82, 2.24) is 4.57 Å². The van der Waals surface area contributed by atoms with E-state index in [0.29, 0.717) is 27.8 Å². The van der Waals surface area contributed by atoms with Crippen LogP contribution in [0.2, 0.25) is 5.02 Å². The summed E-state index contributed by atoms with van der Waals surface area (Å²) in [6, 6.07) is 26.7. The number of nitrogens with zero attached hydrogens (tertiary/aromatic N) is 1. The lowest BCUT2D eigenvalue weighted by atomic mass is 10.2. The van der Waals surface area contributed by atoms with Gasteiger partial charge in [0.05, 0.1) is 17.8 Å². The second kappa shape index (κ2) is 9.32. The number of amides is 1. The van der Waals surface area contributed by atoms with E-state index >= 15 is 0 Å². The number of hydrogen-bond donors (Lipinski definition) is 1. The van der Waals surface area contributed by atoms with Crippen molar-refractivity contribution >= 4 is 23.2 Å². The molecule has 6 heteroatoms. The van der Waals surface area contributed by atoms with Crippen molar-refractivity contribution in [1.29, 1.82) is 0 Å². The number of halogens is 1. The maximum absolute atomic E-state index is 12.9. The maximum Gasteiger partial charge on any atom is 0.257 e. The van der Waals surface area contributed by atoms with Crippen molar-refractivity contribution in [2.24, 2.45) is 0 Å². The first-order chi connectivity index (χ1) is 15.1. The first kappa shape index (κ1) is 20.4. The molecule has 0 saturated carbocycles. The zero-order valence-electron chi connectivity index (χ0n) is 16.5. The molecule has 3 aromatic carbocycles. The number of carbonyl (C=O) groups excluding carboxylic acids is 1. The highest BCUT2D eigenvalue weighted by molar-refractivity contribution is 6.31. The molecule has 4 rings (SSSR count). The van der Waals surface area contributed by atoms with Crippen molar-refractivity contribution in [2.75, 3.05) is 5.32 Å². The van der Waals surface area contributed by atoms with E-state index in [2.05, 4.69) is 5.32 Å². The van der Waals surface area contributed by atoms with Gasteiger partial charge in [-0.3, -0.25) is 9.59 Å². The summed E-state index contributed by atoms with van der Waals surface area (Å²) in [5.74, 6) is 0.834. The summed E-state index contributed by atoms with van der Waals surface area (Å²) < 4.78 is 7.36. The zero-order valence-corrected chi connectivity index (χ0v) is 17.3. The minimum Gasteiger partial charge on any atom is -0.455 e. The summed E-state index contributed by atoms with van der Waals surface area (Å²) in [5.41, 5.74) is 1.45. The average Bonchev–Trinajstić information content (AvgIpc) is 2.79. The Bertz CT molecular complexity index is 1270. The minimum atomic E-state index is -0.350. The molecule has 0 fully saturated rings. The number of carbonyl (C=O) groups is 1. The molecule has 0 aliphatic heterocycles. The molecule has 1 aromatic heterocycles. The zero-order chi connectivity index (χ0) is 21.6. The van der Waals surface area contributed by atoms with E-state index in [1.165, 1.54) is 22.9 Å². The third-order valence-corrected chi connectivity index (χ3v) is 5.02. The number of pyridine rings is 1. The molecule has 0 aliphatic rings. The highest BCUT2D eigenvalue weighted by atomic mass is 35.5. The second-order valence-corrected chi connectivity index (χ2v) is 7.25. The number of aromatic nitrogens is 1. The standard InChI is InChI=1S/C25H19ClN2O3/c26-21-11-5-4-8-18(21)16-28-17-19(14-15-24(28)29)25(30)27-22-12-6-7-13-23(22)31-20-9-2-1-3-10-20/h1-15,17H,16H2,(H,27,30). The van der Waals surface area contributed by atoms with E-state index in [-0.39, 0.29) is 18.0 Å². The van der Waals surface area contributed by atoms with Crippen LogP contribution in [0.1, 0.15) is 15.9 Å². The lowest BCUT2D eigenvalue weighted by molar-refractivity contribution is 0.102. The van der Waals surface area contributed by atoms with E-state index in [0.717, 1.165) is 5.56 Å². The van der Waals surface area contributed by atoms with Crippen LogP contribution in [-0.4, -0.2) is 10.5 Å². The third-order valence-electron chi connectivity index (χ3n) is 4.65.